The second kappa shape index (κ2) is 7.40. The zero-order valence-electron chi connectivity index (χ0n) is 17.0. The first-order valence-electron chi connectivity index (χ1n) is 10.3. The maximum Gasteiger partial charge on any atom is 0.241 e. The normalized spacial score (nSPS) is 25.7. The van der Waals surface area contributed by atoms with Crippen LogP contribution in [0.2, 0.25) is 0 Å². The maximum absolute atomic E-state index is 13.0. The highest BCUT2D eigenvalue weighted by atomic mass is 32.2. The summed E-state index contributed by atoms with van der Waals surface area (Å²) in [4.78, 5) is 27.3. The van der Waals surface area contributed by atoms with Gasteiger partial charge in [-0.2, -0.15) is 0 Å². The number of benzene rings is 1. The molecular formula is C21H29N3O4S. The van der Waals surface area contributed by atoms with Crippen molar-refractivity contribution >= 4 is 21.8 Å². The Morgan fingerprint density at radius 3 is 2.52 bits per heavy atom. The lowest BCUT2D eigenvalue weighted by atomic mass is 9.79. The average molecular weight is 420 g/mol. The summed E-state index contributed by atoms with van der Waals surface area (Å²) in [5.74, 6) is -0.0496. The van der Waals surface area contributed by atoms with E-state index in [1.165, 1.54) is 12.0 Å². The molecule has 2 amide bonds. The molecule has 4 rings (SSSR count). The molecule has 1 aromatic rings. The first-order chi connectivity index (χ1) is 13.7. The zero-order valence-corrected chi connectivity index (χ0v) is 17.8. The summed E-state index contributed by atoms with van der Waals surface area (Å²) in [5, 5.41) is 3.07. The van der Waals surface area contributed by atoms with Crippen LogP contribution in [0.25, 0.3) is 0 Å². The fraction of sp³-hybridized carbons (Fsp3) is 0.619. The lowest BCUT2D eigenvalue weighted by Gasteiger charge is -2.38. The van der Waals surface area contributed by atoms with Crippen LogP contribution < -0.4 is 10.0 Å². The Hall–Kier alpha value is -1.93. The molecule has 0 radical (unpaired) electrons. The van der Waals surface area contributed by atoms with Crippen molar-refractivity contribution in [1.29, 1.82) is 0 Å². The molecule has 1 aromatic carbocycles. The molecule has 8 heteroatoms. The van der Waals surface area contributed by atoms with Crippen molar-refractivity contribution in [2.24, 2.45) is 11.3 Å². The molecule has 2 saturated carbocycles. The second-order valence-electron chi connectivity index (χ2n) is 8.92. The molecule has 2 aliphatic carbocycles. The molecule has 2 fully saturated rings. The third-order valence-electron chi connectivity index (χ3n) is 6.77. The molecule has 7 nitrogen and oxygen atoms in total. The van der Waals surface area contributed by atoms with Gasteiger partial charge in [-0.05, 0) is 49.1 Å². The molecule has 29 heavy (non-hydrogen) atoms. The summed E-state index contributed by atoms with van der Waals surface area (Å²) < 4.78 is 25.5. The van der Waals surface area contributed by atoms with E-state index in [-0.39, 0.29) is 29.2 Å². The molecule has 1 spiro atoms. The summed E-state index contributed by atoms with van der Waals surface area (Å²) in [6.07, 6.45) is 6.21. The number of hydrogen-bond acceptors (Lipinski definition) is 4. The fourth-order valence-corrected chi connectivity index (χ4v) is 5.63. The van der Waals surface area contributed by atoms with Gasteiger partial charge in [0.15, 0.2) is 0 Å². The summed E-state index contributed by atoms with van der Waals surface area (Å²) in [7, 11) is -3.49. The molecule has 3 atom stereocenters. The number of nitrogens with zero attached hydrogens (tertiary/aromatic N) is 1. The lowest BCUT2D eigenvalue weighted by Crippen LogP contribution is -2.55. The number of amides is 2. The number of rotatable bonds is 6. The van der Waals surface area contributed by atoms with Crippen molar-refractivity contribution in [3.63, 3.8) is 0 Å². The van der Waals surface area contributed by atoms with Crippen molar-refractivity contribution in [3.05, 3.63) is 35.4 Å². The maximum atomic E-state index is 13.0. The highest BCUT2D eigenvalue weighted by Crippen LogP contribution is 2.65. The average Bonchev–Trinajstić information content (AvgIpc) is 3.40. The molecule has 2 N–H and O–H groups in total. The van der Waals surface area contributed by atoms with E-state index in [4.69, 9.17) is 0 Å². The van der Waals surface area contributed by atoms with Crippen LogP contribution in [0.3, 0.4) is 0 Å². The molecular weight excluding hydrogens is 390 g/mol. The van der Waals surface area contributed by atoms with Crippen molar-refractivity contribution in [3.8, 4) is 0 Å². The van der Waals surface area contributed by atoms with Gasteiger partial charge in [0.2, 0.25) is 21.8 Å². The van der Waals surface area contributed by atoms with Gasteiger partial charge in [0.25, 0.3) is 0 Å². The smallest absolute Gasteiger partial charge is 0.241 e. The summed E-state index contributed by atoms with van der Waals surface area (Å²) in [6.45, 7) is 2.36. The summed E-state index contributed by atoms with van der Waals surface area (Å²) in [6, 6.07) is 6.91. The molecule has 1 aliphatic heterocycles. The van der Waals surface area contributed by atoms with Crippen LogP contribution in [0.4, 0.5) is 0 Å². The minimum absolute atomic E-state index is 0.0956. The van der Waals surface area contributed by atoms with E-state index >= 15 is 0 Å². The summed E-state index contributed by atoms with van der Waals surface area (Å²) in [5.41, 5.74) is 2.50. The molecule has 0 saturated heterocycles. The van der Waals surface area contributed by atoms with Gasteiger partial charge in [-0.3, -0.25) is 9.59 Å². The quantitative estimate of drug-likeness (QED) is 0.724. The van der Waals surface area contributed by atoms with E-state index in [9.17, 15) is 18.0 Å². The van der Waals surface area contributed by atoms with Crippen molar-refractivity contribution in [2.75, 3.05) is 12.8 Å². The Labute approximate surface area is 172 Å². The van der Waals surface area contributed by atoms with Crippen molar-refractivity contribution in [2.45, 2.75) is 57.7 Å². The first-order valence-corrected chi connectivity index (χ1v) is 12.2. The Kier molecular flexibility index (Phi) is 5.19. The van der Waals surface area contributed by atoms with E-state index in [0.29, 0.717) is 19.5 Å². The first kappa shape index (κ1) is 20.3. The van der Waals surface area contributed by atoms with Crippen LogP contribution in [0.5, 0.6) is 0 Å². The van der Waals surface area contributed by atoms with Gasteiger partial charge in [-0.15, -0.1) is 0 Å². The Morgan fingerprint density at radius 1 is 1.24 bits per heavy atom. The monoisotopic (exact) mass is 419 g/mol. The Morgan fingerprint density at radius 2 is 1.93 bits per heavy atom. The SMILES string of the molecule is CC(NS(C)(=O)=O)C(=O)N1Cc2ccccc2CC1CNC(=O)C1CC12CCC2. The standard InChI is InChI=1S/C21H29N3O4S/c1-14(23-29(2,27)28)20(26)24-13-16-7-4-3-6-15(16)10-17(24)12-22-19(25)18-11-21(18)8-5-9-21/h3-4,6-7,14,17-18,23H,5,8-13H2,1-2H3,(H,22,25). The van der Waals surface area contributed by atoms with Crippen LogP contribution in [-0.2, 0) is 32.6 Å². The molecule has 1 heterocycles. The van der Waals surface area contributed by atoms with Gasteiger partial charge < -0.3 is 10.2 Å². The van der Waals surface area contributed by atoms with E-state index in [1.54, 1.807) is 11.8 Å². The third-order valence-corrected chi connectivity index (χ3v) is 7.55. The highest BCUT2D eigenvalue weighted by molar-refractivity contribution is 7.88. The van der Waals surface area contributed by atoms with Gasteiger partial charge in [0, 0.05) is 19.0 Å². The fourth-order valence-electron chi connectivity index (χ4n) is 4.89. The lowest BCUT2D eigenvalue weighted by molar-refractivity contribution is -0.136. The summed E-state index contributed by atoms with van der Waals surface area (Å²) >= 11 is 0. The minimum atomic E-state index is -3.49. The van der Waals surface area contributed by atoms with Crippen LogP contribution in [0.15, 0.2) is 24.3 Å². The number of carbonyl (C=O) groups is 2. The van der Waals surface area contributed by atoms with Crippen molar-refractivity contribution < 1.29 is 18.0 Å². The number of sulfonamides is 1. The largest absolute Gasteiger partial charge is 0.354 e. The van der Waals surface area contributed by atoms with E-state index in [2.05, 4.69) is 10.0 Å². The number of fused-ring (bicyclic) bond motifs is 1. The number of hydrogen-bond donors (Lipinski definition) is 2. The minimum Gasteiger partial charge on any atom is -0.354 e. The van der Waals surface area contributed by atoms with E-state index in [0.717, 1.165) is 31.1 Å². The topological polar surface area (TPSA) is 95.6 Å². The van der Waals surface area contributed by atoms with Gasteiger partial charge in [-0.25, -0.2) is 13.1 Å². The van der Waals surface area contributed by atoms with Crippen LogP contribution in [0, 0.1) is 11.3 Å². The third kappa shape index (κ3) is 4.19. The number of nitrogens with one attached hydrogen (secondary N) is 2. The van der Waals surface area contributed by atoms with Gasteiger partial charge in [-0.1, -0.05) is 30.7 Å². The molecule has 3 aliphatic rings. The van der Waals surface area contributed by atoms with E-state index < -0.39 is 16.1 Å². The molecule has 158 valence electrons. The van der Waals surface area contributed by atoms with Crippen LogP contribution in [0.1, 0.15) is 43.7 Å². The van der Waals surface area contributed by atoms with Crippen LogP contribution >= 0.6 is 0 Å². The molecule has 0 aromatic heterocycles. The predicted molar refractivity (Wildman–Crippen MR) is 109 cm³/mol. The van der Waals surface area contributed by atoms with Crippen molar-refractivity contribution in [1.82, 2.24) is 14.9 Å². The molecule has 3 unspecified atom stereocenters. The highest BCUT2D eigenvalue weighted by Gasteiger charge is 2.60. The Balaban J connectivity index is 1.46. The van der Waals surface area contributed by atoms with Gasteiger partial charge in [0.1, 0.15) is 0 Å². The zero-order chi connectivity index (χ0) is 20.8. The van der Waals surface area contributed by atoms with Gasteiger partial charge >= 0.3 is 0 Å². The molecule has 0 bridgehead atoms. The van der Waals surface area contributed by atoms with Crippen LogP contribution in [-0.4, -0.2) is 50.0 Å². The second-order valence-corrected chi connectivity index (χ2v) is 10.7. The van der Waals surface area contributed by atoms with E-state index in [1.807, 2.05) is 24.3 Å². The van der Waals surface area contributed by atoms with Gasteiger partial charge in [0.05, 0.1) is 18.3 Å². The Bertz CT molecular complexity index is 926. The predicted octanol–water partition coefficient (Wildman–Crippen LogP) is 1.18. The number of carbonyl (C=O) groups excluding carboxylic acids is 2.